The molecule has 0 saturated carbocycles. The molecule has 3 N–H and O–H groups in total. The van der Waals surface area contributed by atoms with E-state index in [-0.39, 0.29) is 6.15 Å². The first-order chi connectivity index (χ1) is 13.6. The van der Waals surface area contributed by atoms with Crippen LogP contribution in [0.2, 0.25) is 0 Å². The van der Waals surface area contributed by atoms with Gasteiger partial charge in [0.2, 0.25) is 0 Å². The zero-order chi connectivity index (χ0) is 20.3. The van der Waals surface area contributed by atoms with Crippen molar-refractivity contribution in [2.24, 2.45) is 0 Å². The SMILES string of the molecule is C=c1ccc2c(c1)Oc1cc(N(C)C)ccc1C=2c1ccc(OC)cc1.CC.N. The first-order valence-corrected chi connectivity index (χ1v) is 9.54. The Kier molecular flexibility index (Phi) is 7.08. The van der Waals surface area contributed by atoms with Gasteiger partial charge in [-0.25, -0.2) is 0 Å². The van der Waals surface area contributed by atoms with Crippen LogP contribution < -0.4 is 31.0 Å². The van der Waals surface area contributed by atoms with Gasteiger partial charge >= 0.3 is 0 Å². The molecule has 4 rings (SSSR count). The van der Waals surface area contributed by atoms with E-state index in [1.54, 1.807) is 7.11 Å². The summed E-state index contributed by atoms with van der Waals surface area (Å²) in [5, 5.41) is 2.01. The van der Waals surface area contributed by atoms with Gasteiger partial charge < -0.3 is 20.5 Å². The van der Waals surface area contributed by atoms with E-state index in [4.69, 9.17) is 9.47 Å². The number of rotatable bonds is 3. The van der Waals surface area contributed by atoms with Crippen LogP contribution in [0.4, 0.5) is 5.69 Å². The second-order valence-corrected chi connectivity index (χ2v) is 6.61. The van der Waals surface area contributed by atoms with Crippen LogP contribution in [0, 0.1) is 0 Å². The second kappa shape index (κ2) is 9.30. The monoisotopic (exact) mass is 390 g/mol. The highest BCUT2D eigenvalue weighted by atomic mass is 16.5. The first kappa shape index (κ1) is 22.1. The molecule has 3 aromatic carbocycles. The van der Waals surface area contributed by atoms with E-state index in [1.165, 1.54) is 0 Å². The molecule has 152 valence electrons. The van der Waals surface area contributed by atoms with Gasteiger partial charge in [0, 0.05) is 42.2 Å². The van der Waals surface area contributed by atoms with Crippen molar-refractivity contribution in [3.05, 3.63) is 82.2 Å². The number of benzene rings is 3. The van der Waals surface area contributed by atoms with Crippen molar-refractivity contribution in [1.82, 2.24) is 6.15 Å². The molecule has 0 bridgehead atoms. The topological polar surface area (TPSA) is 56.7 Å². The first-order valence-electron chi connectivity index (χ1n) is 9.54. The lowest BCUT2D eigenvalue weighted by atomic mass is 9.92. The van der Waals surface area contributed by atoms with Gasteiger partial charge in [0.25, 0.3) is 0 Å². The lowest BCUT2D eigenvalue weighted by molar-refractivity contribution is 0.415. The summed E-state index contributed by atoms with van der Waals surface area (Å²) >= 11 is 0. The van der Waals surface area contributed by atoms with Gasteiger partial charge in [-0.3, -0.25) is 0 Å². The van der Waals surface area contributed by atoms with Crippen LogP contribution in [0.25, 0.3) is 12.2 Å². The molecule has 29 heavy (non-hydrogen) atoms. The Bertz CT molecular complexity index is 1090. The number of nitrogens with zero attached hydrogens (tertiary/aromatic N) is 1. The maximum absolute atomic E-state index is 6.23. The summed E-state index contributed by atoms with van der Waals surface area (Å²) in [4.78, 5) is 2.07. The molecule has 1 heterocycles. The zero-order valence-corrected chi connectivity index (χ0v) is 18.0. The van der Waals surface area contributed by atoms with Crippen LogP contribution in [0.3, 0.4) is 0 Å². The molecule has 0 atom stereocenters. The van der Waals surface area contributed by atoms with E-state index in [0.717, 1.165) is 50.1 Å². The number of anilines is 1. The van der Waals surface area contributed by atoms with E-state index in [2.05, 4.69) is 47.9 Å². The quantitative estimate of drug-likeness (QED) is 0.550. The molecule has 0 fully saturated rings. The number of hydrogen-bond acceptors (Lipinski definition) is 4. The molecule has 3 aromatic rings. The van der Waals surface area contributed by atoms with Crippen LogP contribution in [0.5, 0.6) is 17.2 Å². The van der Waals surface area contributed by atoms with Gasteiger partial charge in [0.1, 0.15) is 17.2 Å². The summed E-state index contributed by atoms with van der Waals surface area (Å²) in [5.41, 5.74) is 4.48. The van der Waals surface area contributed by atoms with Crippen molar-refractivity contribution in [1.29, 1.82) is 0 Å². The highest BCUT2D eigenvalue weighted by Gasteiger charge is 2.20. The summed E-state index contributed by atoms with van der Waals surface area (Å²) in [6, 6.07) is 20.6. The average Bonchev–Trinajstić information content (AvgIpc) is 2.73. The Hall–Kier alpha value is -3.24. The van der Waals surface area contributed by atoms with Crippen LogP contribution in [-0.4, -0.2) is 21.2 Å². The molecule has 0 radical (unpaired) electrons. The third-order valence-corrected chi connectivity index (χ3v) is 4.66. The lowest BCUT2D eigenvalue weighted by Gasteiger charge is -2.23. The number of ether oxygens (including phenoxy) is 2. The number of fused-ring (bicyclic) bond motifs is 2. The minimum Gasteiger partial charge on any atom is -0.497 e. The van der Waals surface area contributed by atoms with Gasteiger partial charge in [-0.15, -0.1) is 0 Å². The molecule has 0 unspecified atom stereocenters. The molecule has 1 aliphatic rings. The Morgan fingerprint density at radius 2 is 1.55 bits per heavy atom. The predicted octanol–water partition coefficient (Wildman–Crippen LogP) is 4.71. The van der Waals surface area contributed by atoms with E-state index < -0.39 is 0 Å². The zero-order valence-electron chi connectivity index (χ0n) is 18.0. The molecule has 1 aliphatic heterocycles. The van der Waals surface area contributed by atoms with E-state index >= 15 is 0 Å². The number of methoxy groups -OCH3 is 1. The largest absolute Gasteiger partial charge is 0.497 e. The fourth-order valence-electron chi connectivity index (χ4n) is 3.27. The molecular weight excluding hydrogens is 360 g/mol. The summed E-state index contributed by atoms with van der Waals surface area (Å²) in [7, 11) is 5.74. The highest BCUT2D eigenvalue weighted by molar-refractivity contribution is 5.86. The van der Waals surface area contributed by atoms with Crippen molar-refractivity contribution in [2.75, 3.05) is 26.1 Å². The van der Waals surface area contributed by atoms with E-state index in [1.807, 2.05) is 52.2 Å². The molecule has 0 aliphatic carbocycles. The maximum atomic E-state index is 6.23. The highest BCUT2D eigenvalue weighted by Crippen LogP contribution is 2.38. The van der Waals surface area contributed by atoms with E-state index in [9.17, 15) is 0 Å². The summed E-state index contributed by atoms with van der Waals surface area (Å²) < 4.78 is 11.5. The molecule has 0 aromatic heterocycles. The van der Waals surface area contributed by atoms with Crippen LogP contribution in [0.15, 0.2) is 60.7 Å². The normalized spacial score (nSPS) is 11.0. The van der Waals surface area contributed by atoms with Crippen molar-refractivity contribution in [2.45, 2.75) is 13.8 Å². The van der Waals surface area contributed by atoms with Crippen LogP contribution in [0.1, 0.15) is 25.0 Å². The second-order valence-electron chi connectivity index (χ2n) is 6.61. The van der Waals surface area contributed by atoms with Gasteiger partial charge in [0.05, 0.1) is 7.11 Å². The van der Waals surface area contributed by atoms with Crippen molar-refractivity contribution >= 4 is 17.8 Å². The lowest BCUT2D eigenvalue weighted by Crippen LogP contribution is -2.20. The van der Waals surface area contributed by atoms with Crippen LogP contribution in [-0.2, 0) is 0 Å². The molecule has 0 spiro atoms. The van der Waals surface area contributed by atoms with Gasteiger partial charge in [-0.05, 0) is 41.1 Å². The van der Waals surface area contributed by atoms with Gasteiger partial charge in [-0.1, -0.05) is 44.7 Å². The smallest absolute Gasteiger partial charge is 0.137 e. The predicted molar refractivity (Wildman–Crippen MR) is 123 cm³/mol. The fraction of sp³-hybridized carbons (Fsp3) is 0.200. The van der Waals surface area contributed by atoms with E-state index in [0.29, 0.717) is 0 Å². The fourth-order valence-corrected chi connectivity index (χ4v) is 3.27. The molecule has 0 saturated heterocycles. The van der Waals surface area contributed by atoms with Gasteiger partial charge in [0.15, 0.2) is 0 Å². The van der Waals surface area contributed by atoms with Crippen molar-refractivity contribution < 1.29 is 9.47 Å². The Morgan fingerprint density at radius 1 is 0.862 bits per heavy atom. The Morgan fingerprint density at radius 3 is 2.17 bits per heavy atom. The summed E-state index contributed by atoms with van der Waals surface area (Å²) in [6.07, 6.45) is 0. The molecule has 0 amide bonds. The number of hydrogen-bond donors (Lipinski definition) is 1. The Labute approximate surface area is 173 Å². The maximum Gasteiger partial charge on any atom is 0.137 e. The van der Waals surface area contributed by atoms with Crippen LogP contribution >= 0.6 is 0 Å². The molecular formula is C25H30N2O2. The Balaban J connectivity index is 0.000000970. The van der Waals surface area contributed by atoms with Crippen molar-refractivity contribution in [3.8, 4) is 17.2 Å². The minimum atomic E-state index is 0. The van der Waals surface area contributed by atoms with Gasteiger partial charge in [-0.2, -0.15) is 0 Å². The third kappa shape index (κ3) is 4.28. The third-order valence-electron chi connectivity index (χ3n) is 4.66. The average molecular weight is 391 g/mol. The summed E-state index contributed by atoms with van der Waals surface area (Å²) in [5.74, 6) is 2.55. The molecule has 4 nitrogen and oxygen atoms in total. The van der Waals surface area contributed by atoms with Crippen molar-refractivity contribution in [3.63, 3.8) is 0 Å². The minimum absolute atomic E-state index is 0. The standard InChI is InChI=1S/C23H21NO2.C2H6.H3N/c1-15-5-11-19-21(13-15)26-22-14-17(24(2)3)8-12-20(22)23(19)16-6-9-18(25-4)10-7-16;1-2;/h5-14H,1H2,2-4H3;1-2H3;1H3. The summed E-state index contributed by atoms with van der Waals surface area (Å²) in [6.45, 7) is 8.04. The molecule has 4 heteroatoms.